The highest BCUT2D eigenvalue weighted by Gasteiger charge is 2.34. The monoisotopic (exact) mass is 520 g/mol. The second kappa shape index (κ2) is 11.6. The predicted molar refractivity (Wildman–Crippen MR) is 160 cm³/mol. The van der Waals surface area contributed by atoms with Crippen molar-refractivity contribution in [3.63, 3.8) is 0 Å². The predicted octanol–water partition coefficient (Wildman–Crippen LogP) is 6.65. The Kier molecular flexibility index (Phi) is 8.78. The van der Waals surface area contributed by atoms with E-state index in [0.717, 1.165) is 51.1 Å². The molecule has 2 aliphatic rings. The second-order valence-electron chi connectivity index (χ2n) is 14.0. The van der Waals surface area contributed by atoms with Crippen LogP contribution in [0.2, 0.25) is 0 Å². The lowest BCUT2D eigenvalue weighted by molar-refractivity contribution is 0.0692. The Balaban J connectivity index is 1.26. The Morgan fingerprint density at radius 2 is 1.63 bits per heavy atom. The molecule has 1 saturated heterocycles. The first kappa shape index (κ1) is 28.9. The van der Waals surface area contributed by atoms with Gasteiger partial charge in [0.25, 0.3) is 0 Å². The lowest BCUT2D eigenvalue weighted by Crippen LogP contribution is -2.53. The van der Waals surface area contributed by atoms with Crippen LogP contribution in [0.4, 0.5) is 5.69 Å². The largest absolute Gasteiger partial charge is 0.474 e. The van der Waals surface area contributed by atoms with Crippen LogP contribution in [0, 0.1) is 0 Å². The van der Waals surface area contributed by atoms with Crippen LogP contribution in [0.1, 0.15) is 98.6 Å². The molecule has 4 rings (SSSR count). The Morgan fingerprint density at radius 1 is 0.921 bits per heavy atom. The molecule has 0 radical (unpaired) electrons. The number of hydrogen-bond acceptors (Lipinski definition) is 5. The van der Waals surface area contributed by atoms with E-state index in [0.29, 0.717) is 12.1 Å². The van der Waals surface area contributed by atoms with Crippen molar-refractivity contribution in [1.29, 1.82) is 0 Å². The van der Waals surface area contributed by atoms with E-state index >= 15 is 0 Å². The summed E-state index contributed by atoms with van der Waals surface area (Å²) < 4.78 is 6.26. The molecule has 1 aliphatic heterocycles. The number of aryl methyl sites for hydroxylation is 1. The fourth-order valence-electron chi connectivity index (χ4n) is 5.91. The van der Waals surface area contributed by atoms with Gasteiger partial charge in [0, 0.05) is 54.2 Å². The van der Waals surface area contributed by atoms with E-state index < -0.39 is 0 Å². The van der Waals surface area contributed by atoms with E-state index in [4.69, 9.17) is 4.74 Å². The van der Waals surface area contributed by atoms with Gasteiger partial charge in [0.05, 0.1) is 0 Å². The molecular formula is C33H52N4O. The zero-order chi connectivity index (χ0) is 27.6. The molecule has 0 amide bonds. The number of anilines is 1. The molecule has 1 saturated carbocycles. The van der Waals surface area contributed by atoms with E-state index in [1.54, 1.807) is 0 Å². The van der Waals surface area contributed by atoms with Crippen molar-refractivity contribution in [1.82, 2.24) is 15.6 Å². The molecule has 1 aromatic carbocycles. The SMILES string of the molecule is CCc1ccc(N2CC[C@H](NC(C)(C)CCC(C)(C)c3ccnc(O[C@H]4C[C@H](NC(C)(C)C)C4)c3)C2)cc1. The fourth-order valence-corrected chi connectivity index (χ4v) is 5.91. The van der Waals surface area contributed by atoms with E-state index in [-0.39, 0.29) is 22.6 Å². The Morgan fingerprint density at radius 3 is 2.29 bits per heavy atom. The number of pyridine rings is 1. The molecule has 0 unspecified atom stereocenters. The van der Waals surface area contributed by atoms with Crippen molar-refractivity contribution in [2.45, 2.75) is 129 Å². The standard InChI is InChI=1S/C33H52N4O/c1-9-24-10-12-28(13-11-24)37-19-15-26(23-37)36-33(7,8)17-16-32(5,6)25-14-18-34-30(20-25)38-29-21-27(22-29)35-31(2,3)4/h10-14,18,20,26-27,29,35-36H,9,15-17,19,21-23H2,1-8H3/t26-,27-,29-/m0/s1. The lowest BCUT2D eigenvalue weighted by atomic mass is 9.78. The molecule has 5 heteroatoms. The van der Waals surface area contributed by atoms with Crippen molar-refractivity contribution < 1.29 is 4.74 Å². The van der Waals surface area contributed by atoms with Gasteiger partial charge in [0.15, 0.2) is 0 Å². The van der Waals surface area contributed by atoms with Crippen LogP contribution in [-0.2, 0) is 11.8 Å². The molecule has 2 N–H and O–H groups in total. The summed E-state index contributed by atoms with van der Waals surface area (Å²) in [6.07, 6.45) is 8.79. The quantitative estimate of drug-likeness (QED) is 0.347. The molecule has 2 aromatic rings. The molecule has 2 fully saturated rings. The molecule has 1 aliphatic carbocycles. The molecule has 1 aromatic heterocycles. The van der Waals surface area contributed by atoms with Crippen molar-refractivity contribution in [2.75, 3.05) is 18.0 Å². The zero-order valence-corrected chi connectivity index (χ0v) is 25.2. The fraction of sp³-hybridized carbons (Fsp3) is 0.667. The van der Waals surface area contributed by atoms with Gasteiger partial charge in [0.2, 0.25) is 5.88 Å². The third kappa shape index (κ3) is 7.95. The van der Waals surface area contributed by atoms with Gasteiger partial charge in [-0.1, -0.05) is 32.9 Å². The minimum Gasteiger partial charge on any atom is -0.474 e. The average Bonchev–Trinajstić information content (AvgIpc) is 3.29. The van der Waals surface area contributed by atoms with Gasteiger partial charge in [0.1, 0.15) is 6.10 Å². The van der Waals surface area contributed by atoms with Gasteiger partial charge in [-0.15, -0.1) is 0 Å². The summed E-state index contributed by atoms with van der Waals surface area (Å²) in [5.41, 5.74) is 4.35. The number of nitrogens with zero attached hydrogens (tertiary/aromatic N) is 2. The zero-order valence-electron chi connectivity index (χ0n) is 25.2. The lowest BCUT2D eigenvalue weighted by Gasteiger charge is -2.40. The van der Waals surface area contributed by atoms with Crippen LogP contribution < -0.4 is 20.3 Å². The molecule has 1 atom stereocenters. The van der Waals surface area contributed by atoms with Gasteiger partial charge in [-0.25, -0.2) is 4.98 Å². The van der Waals surface area contributed by atoms with Gasteiger partial charge < -0.3 is 20.3 Å². The summed E-state index contributed by atoms with van der Waals surface area (Å²) in [5, 5.41) is 7.66. The number of nitrogens with one attached hydrogen (secondary N) is 2. The third-order valence-corrected chi connectivity index (χ3v) is 8.40. The van der Waals surface area contributed by atoms with Crippen molar-refractivity contribution in [2.24, 2.45) is 0 Å². The van der Waals surface area contributed by atoms with Gasteiger partial charge in [-0.3, -0.25) is 0 Å². The highest BCUT2D eigenvalue weighted by molar-refractivity contribution is 5.48. The number of benzene rings is 1. The molecule has 38 heavy (non-hydrogen) atoms. The maximum Gasteiger partial charge on any atom is 0.213 e. The van der Waals surface area contributed by atoms with Crippen LogP contribution in [0.5, 0.6) is 5.88 Å². The van der Waals surface area contributed by atoms with E-state index in [9.17, 15) is 0 Å². The highest BCUT2D eigenvalue weighted by Crippen LogP contribution is 2.34. The van der Waals surface area contributed by atoms with Crippen LogP contribution in [0.3, 0.4) is 0 Å². The molecule has 0 bridgehead atoms. The number of aromatic nitrogens is 1. The van der Waals surface area contributed by atoms with Crippen LogP contribution >= 0.6 is 0 Å². The normalized spacial score (nSPS) is 22.4. The Labute approximate surface area is 232 Å². The number of rotatable bonds is 11. The molecule has 210 valence electrons. The maximum absolute atomic E-state index is 6.26. The van der Waals surface area contributed by atoms with Gasteiger partial charge in [-0.05, 0) is 108 Å². The van der Waals surface area contributed by atoms with Crippen molar-refractivity contribution in [3.8, 4) is 5.88 Å². The summed E-state index contributed by atoms with van der Waals surface area (Å²) in [4.78, 5) is 7.06. The minimum atomic E-state index is 0.0542. The highest BCUT2D eigenvalue weighted by atomic mass is 16.5. The van der Waals surface area contributed by atoms with Crippen LogP contribution in [-0.4, -0.2) is 47.3 Å². The maximum atomic E-state index is 6.26. The summed E-state index contributed by atoms with van der Waals surface area (Å²) in [6, 6.07) is 14.5. The van der Waals surface area contributed by atoms with Crippen LogP contribution in [0.15, 0.2) is 42.6 Å². The van der Waals surface area contributed by atoms with Gasteiger partial charge >= 0.3 is 0 Å². The molecule has 0 spiro atoms. The Bertz CT molecular complexity index is 1030. The van der Waals surface area contributed by atoms with Gasteiger partial charge in [-0.2, -0.15) is 0 Å². The Hall–Kier alpha value is -2.11. The number of ether oxygens (including phenoxy) is 1. The molecule has 2 heterocycles. The average molecular weight is 521 g/mol. The van der Waals surface area contributed by atoms with E-state index in [1.165, 1.54) is 23.2 Å². The molecule has 5 nitrogen and oxygen atoms in total. The second-order valence-corrected chi connectivity index (χ2v) is 14.0. The summed E-state index contributed by atoms with van der Waals surface area (Å²) >= 11 is 0. The first-order valence-corrected chi connectivity index (χ1v) is 14.8. The first-order valence-electron chi connectivity index (χ1n) is 14.8. The van der Waals surface area contributed by atoms with Crippen molar-refractivity contribution in [3.05, 3.63) is 53.7 Å². The third-order valence-electron chi connectivity index (χ3n) is 8.40. The topological polar surface area (TPSA) is 49.4 Å². The summed E-state index contributed by atoms with van der Waals surface area (Å²) in [5.74, 6) is 0.769. The summed E-state index contributed by atoms with van der Waals surface area (Å²) in [6.45, 7) is 20.5. The van der Waals surface area contributed by atoms with Crippen LogP contribution in [0.25, 0.3) is 0 Å². The first-order chi connectivity index (χ1) is 17.8. The van der Waals surface area contributed by atoms with Crippen molar-refractivity contribution >= 4 is 5.69 Å². The number of hydrogen-bond donors (Lipinski definition) is 2. The summed E-state index contributed by atoms with van der Waals surface area (Å²) in [7, 11) is 0. The van der Waals surface area contributed by atoms with E-state index in [2.05, 4.69) is 112 Å². The smallest absolute Gasteiger partial charge is 0.213 e. The minimum absolute atomic E-state index is 0.0542. The van der Waals surface area contributed by atoms with E-state index in [1.807, 2.05) is 6.20 Å². The molecular weight excluding hydrogens is 468 g/mol.